The number of nitrogens with zero attached hydrogens (tertiary/aromatic N) is 2. The van der Waals surface area contributed by atoms with Gasteiger partial charge >= 0.3 is 0 Å². The lowest BCUT2D eigenvalue weighted by atomic mass is 10.2. The lowest BCUT2D eigenvalue weighted by Crippen LogP contribution is -2.24. The van der Waals surface area contributed by atoms with Gasteiger partial charge in [-0.2, -0.15) is 4.98 Å². The molecular formula is C21H20FN5O4. The summed E-state index contributed by atoms with van der Waals surface area (Å²) in [6, 6.07) is 12.1. The number of nitrogens with one attached hydrogen (secondary N) is 3. The minimum absolute atomic E-state index is 0.0153. The van der Waals surface area contributed by atoms with Gasteiger partial charge in [0.1, 0.15) is 19.0 Å². The molecule has 2 heterocycles. The zero-order valence-electron chi connectivity index (χ0n) is 16.6. The maximum absolute atomic E-state index is 14.3. The predicted molar refractivity (Wildman–Crippen MR) is 112 cm³/mol. The van der Waals surface area contributed by atoms with Crippen LogP contribution in [0.4, 0.5) is 27.5 Å². The third-order valence-electron chi connectivity index (χ3n) is 4.29. The van der Waals surface area contributed by atoms with E-state index in [-0.39, 0.29) is 24.3 Å². The summed E-state index contributed by atoms with van der Waals surface area (Å²) in [5.41, 5.74) is 1.21. The van der Waals surface area contributed by atoms with Crippen LogP contribution in [0, 0.1) is 5.82 Å². The molecule has 4 rings (SSSR count). The number of hydrogen-bond donors (Lipinski definition) is 3. The quantitative estimate of drug-likeness (QED) is 0.531. The molecule has 0 bridgehead atoms. The van der Waals surface area contributed by atoms with Gasteiger partial charge in [0.2, 0.25) is 5.95 Å². The van der Waals surface area contributed by atoms with Crippen LogP contribution in [0.2, 0.25) is 0 Å². The Hall–Kier alpha value is -4.08. The molecule has 1 aliphatic rings. The normalized spacial score (nSPS) is 12.1. The van der Waals surface area contributed by atoms with Gasteiger partial charge in [0.15, 0.2) is 29.7 Å². The summed E-state index contributed by atoms with van der Waals surface area (Å²) >= 11 is 0. The van der Waals surface area contributed by atoms with Crippen LogP contribution in [0.1, 0.15) is 0 Å². The molecular weight excluding hydrogens is 405 g/mol. The largest absolute Gasteiger partial charge is 0.486 e. The van der Waals surface area contributed by atoms with Crippen molar-refractivity contribution in [3.63, 3.8) is 0 Å². The lowest BCUT2D eigenvalue weighted by Gasteiger charge is -2.19. The summed E-state index contributed by atoms with van der Waals surface area (Å²) in [5, 5.41) is 8.40. The van der Waals surface area contributed by atoms with Gasteiger partial charge in [0.05, 0.1) is 6.20 Å². The molecule has 31 heavy (non-hydrogen) atoms. The van der Waals surface area contributed by atoms with Gasteiger partial charge in [-0.25, -0.2) is 9.37 Å². The van der Waals surface area contributed by atoms with Gasteiger partial charge in [-0.05, 0) is 24.3 Å². The van der Waals surface area contributed by atoms with Crippen LogP contribution >= 0.6 is 0 Å². The summed E-state index contributed by atoms with van der Waals surface area (Å²) < 4.78 is 30.7. The molecule has 2 aromatic carbocycles. The number of rotatable bonds is 7. The van der Waals surface area contributed by atoms with Crippen LogP contribution < -0.4 is 30.2 Å². The van der Waals surface area contributed by atoms with Crippen LogP contribution in [-0.4, -0.2) is 42.7 Å². The van der Waals surface area contributed by atoms with Crippen LogP contribution in [0.25, 0.3) is 0 Å². The third-order valence-corrected chi connectivity index (χ3v) is 4.29. The molecule has 3 aromatic rings. The van der Waals surface area contributed by atoms with Gasteiger partial charge in [0.25, 0.3) is 5.91 Å². The Labute approximate surface area is 177 Å². The number of likely N-dealkylation sites (N-methyl/N-ethyl adjacent to an activating group) is 1. The number of hydrogen-bond acceptors (Lipinski definition) is 8. The minimum Gasteiger partial charge on any atom is -0.486 e. The topological polar surface area (TPSA) is 107 Å². The van der Waals surface area contributed by atoms with E-state index in [1.807, 2.05) is 0 Å². The number of amides is 1. The number of carbonyl (C=O) groups excluding carboxylic acids is 1. The van der Waals surface area contributed by atoms with Gasteiger partial charge in [-0.1, -0.05) is 6.07 Å². The van der Waals surface area contributed by atoms with Gasteiger partial charge in [-0.15, -0.1) is 0 Å². The number of fused-ring (bicyclic) bond motifs is 1. The number of carbonyl (C=O) groups is 1. The number of halogens is 1. The molecule has 0 radical (unpaired) electrons. The molecule has 0 spiro atoms. The third kappa shape index (κ3) is 5.10. The molecule has 0 saturated heterocycles. The Morgan fingerprint density at radius 1 is 1.10 bits per heavy atom. The highest BCUT2D eigenvalue weighted by atomic mass is 19.1. The second-order valence-corrected chi connectivity index (χ2v) is 6.49. The molecule has 1 aromatic heterocycles. The highest BCUT2D eigenvalue weighted by Crippen LogP contribution is 2.33. The van der Waals surface area contributed by atoms with Gasteiger partial charge in [-0.3, -0.25) is 4.79 Å². The predicted octanol–water partition coefficient (Wildman–Crippen LogP) is 3.00. The van der Waals surface area contributed by atoms with Crippen molar-refractivity contribution in [2.24, 2.45) is 0 Å². The van der Waals surface area contributed by atoms with Crippen molar-refractivity contribution in [2.45, 2.75) is 0 Å². The van der Waals surface area contributed by atoms with Crippen molar-refractivity contribution in [1.29, 1.82) is 0 Å². The summed E-state index contributed by atoms with van der Waals surface area (Å²) in [7, 11) is 1.53. The first kappa shape index (κ1) is 20.2. The van der Waals surface area contributed by atoms with Crippen molar-refractivity contribution in [1.82, 2.24) is 15.3 Å². The maximum Gasteiger partial charge on any atom is 0.257 e. The SMILES string of the molecule is CNC(=O)COc1cccc(Nc2nc(Nc3ccc4c(c3)OCCO4)ncc2F)c1. The Morgan fingerprint density at radius 2 is 1.90 bits per heavy atom. The van der Waals surface area contributed by atoms with Crippen molar-refractivity contribution >= 4 is 29.0 Å². The number of anilines is 4. The summed E-state index contributed by atoms with van der Waals surface area (Å²) in [4.78, 5) is 19.5. The average molecular weight is 425 g/mol. The lowest BCUT2D eigenvalue weighted by molar-refractivity contribution is -0.122. The molecule has 160 valence electrons. The first-order valence-electron chi connectivity index (χ1n) is 9.50. The standard InChI is InChI=1S/C21H20FN5O4/c1-23-19(28)12-31-15-4-2-3-13(9-15)25-20-16(22)11-24-21(27-20)26-14-5-6-17-18(10-14)30-8-7-29-17/h2-6,9-11H,7-8,12H2,1H3,(H,23,28)(H2,24,25,26,27). The number of benzene rings is 2. The van der Waals surface area contributed by atoms with Crippen molar-refractivity contribution < 1.29 is 23.4 Å². The molecule has 1 aliphatic heterocycles. The molecule has 0 unspecified atom stereocenters. The van der Waals surface area contributed by atoms with E-state index in [2.05, 4.69) is 25.9 Å². The Kier molecular flexibility index (Phi) is 5.97. The Balaban J connectivity index is 1.48. The van der Waals surface area contributed by atoms with E-state index < -0.39 is 5.82 Å². The Bertz CT molecular complexity index is 1100. The fourth-order valence-corrected chi connectivity index (χ4v) is 2.79. The second-order valence-electron chi connectivity index (χ2n) is 6.49. The fraction of sp³-hybridized carbons (Fsp3) is 0.190. The molecule has 0 aliphatic carbocycles. The van der Waals surface area contributed by atoms with E-state index in [0.717, 1.165) is 6.20 Å². The minimum atomic E-state index is -0.621. The first-order chi connectivity index (χ1) is 15.1. The summed E-state index contributed by atoms with van der Waals surface area (Å²) in [5.74, 6) is 1.05. The smallest absolute Gasteiger partial charge is 0.257 e. The zero-order chi connectivity index (χ0) is 21.6. The Morgan fingerprint density at radius 3 is 2.74 bits per heavy atom. The molecule has 3 N–H and O–H groups in total. The van der Waals surface area contributed by atoms with Crippen LogP contribution in [0.3, 0.4) is 0 Å². The average Bonchev–Trinajstić information content (AvgIpc) is 2.80. The number of ether oxygens (including phenoxy) is 3. The second kappa shape index (κ2) is 9.16. The van der Waals surface area contributed by atoms with E-state index in [1.165, 1.54) is 7.05 Å². The molecule has 9 nitrogen and oxygen atoms in total. The fourth-order valence-electron chi connectivity index (χ4n) is 2.79. The molecule has 10 heteroatoms. The highest BCUT2D eigenvalue weighted by Gasteiger charge is 2.13. The van der Waals surface area contributed by atoms with Crippen LogP contribution in [-0.2, 0) is 4.79 Å². The molecule has 1 amide bonds. The maximum atomic E-state index is 14.3. The molecule has 0 fully saturated rings. The molecule has 0 atom stereocenters. The van der Waals surface area contributed by atoms with Crippen molar-refractivity contribution in [3.05, 3.63) is 54.5 Å². The van der Waals surface area contributed by atoms with Crippen molar-refractivity contribution in [3.8, 4) is 17.2 Å². The zero-order valence-corrected chi connectivity index (χ0v) is 16.6. The highest BCUT2D eigenvalue weighted by molar-refractivity contribution is 5.77. The number of aromatic nitrogens is 2. The monoisotopic (exact) mass is 425 g/mol. The van der Waals surface area contributed by atoms with Gasteiger partial charge in [0, 0.05) is 30.6 Å². The summed E-state index contributed by atoms with van der Waals surface area (Å²) in [6.07, 6.45) is 1.07. The molecule has 0 saturated carbocycles. The van der Waals surface area contributed by atoms with E-state index in [9.17, 15) is 9.18 Å². The van der Waals surface area contributed by atoms with Crippen LogP contribution in [0.15, 0.2) is 48.7 Å². The first-order valence-corrected chi connectivity index (χ1v) is 9.50. The summed E-state index contributed by atoms with van der Waals surface area (Å²) in [6.45, 7) is 0.864. The van der Waals surface area contributed by atoms with E-state index in [4.69, 9.17) is 14.2 Å². The van der Waals surface area contributed by atoms with Crippen molar-refractivity contribution in [2.75, 3.05) is 37.5 Å². The van der Waals surface area contributed by atoms with E-state index in [1.54, 1.807) is 42.5 Å². The van der Waals surface area contributed by atoms with E-state index in [0.29, 0.717) is 41.8 Å². The van der Waals surface area contributed by atoms with E-state index >= 15 is 0 Å². The van der Waals surface area contributed by atoms with Gasteiger partial charge < -0.3 is 30.2 Å². The van der Waals surface area contributed by atoms with Crippen LogP contribution in [0.5, 0.6) is 17.2 Å².